The first kappa shape index (κ1) is 23.7. The summed E-state index contributed by atoms with van der Waals surface area (Å²) in [5.74, 6) is 0. The van der Waals surface area contributed by atoms with Crippen molar-refractivity contribution < 1.29 is 19.6 Å². The monoisotopic (exact) mass is 350 g/mol. The van der Waals surface area contributed by atoms with Crippen molar-refractivity contribution in [2.24, 2.45) is 22.9 Å². The standard InChI is InChI=1S/C16H38N4O4/c17-15(18)13-22-11-12-23-14-16(19,20)9-7-5-3-1-2-4-6-8-10-24-21/h15,21H,1-14,17-20H2. The summed E-state index contributed by atoms with van der Waals surface area (Å²) in [4.78, 5) is 4.04. The quantitative estimate of drug-likeness (QED) is 0.106. The van der Waals surface area contributed by atoms with Crippen LogP contribution in [0, 0.1) is 0 Å². The van der Waals surface area contributed by atoms with E-state index in [-0.39, 0.29) is 0 Å². The first-order valence-electron chi connectivity index (χ1n) is 8.99. The Labute approximate surface area is 146 Å². The van der Waals surface area contributed by atoms with Gasteiger partial charge in [-0.25, -0.2) is 4.89 Å². The molecule has 146 valence electrons. The zero-order valence-corrected chi connectivity index (χ0v) is 15.0. The van der Waals surface area contributed by atoms with E-state index < -0.39 is 11.8 Å². The van der Waals surface area contributed by atoms with Crippen LogP contribution in [0.5, 0.6) is 0 Å². The number of hydrogen-bond acceptors (Lipinski definition) is 8. The van der Waals surface area contributed by atoms with Gasteiger partial charge >= 0.3 is 0 Å². The molecule has 0 radical (unpaired) electrons. The Morgan fingerprint density at radius 1 is 0.750 bits per heavy atom. The lowest BCUT2D eigenvalue weighted by atomic mass is 10.0. The normalized spacial score (nSPS) is 12.2. The maximum Gasteiger partial charge on any atom is 0.0877 e. The van der Waals surface area contributed by atoms with Gasteiger partial charge in [-0.3, -0.25) is 5.26 Å². The highest BCUT2D eigenvalue weighted by molar-refractivity contribution is 4.76. The Hall–Kier alpha value is -0.320. The highest BCUT2D eigenvalue weighted by atomic mass is 17.1. The van der Waals surface area contributed by atoms with Crippen LogP contribution in [-0.2, 0) is 14.4 Å². The molecule has 8 nitrogen and oxygen atoms in total. The molecule has 0 amide bonds. The van der Waals surface area contributed by atoms with Crippen molar-refractivity contribution in [2.45, 2.75) is 69.6 Å². The number of unbranched alkanes of at least 4 members (excludes halogenated alkanes) is 7. The van der Waals surface area contributed by atoms with E-state index in [2.05, 4.69) is 4.89 Å². The number of nitrogens with two attached hydrogens (primary N) is 4. The van der Waals surface area contributed by atoms with Crippen molar-refractivity contribution in [3.63, 3.8) is 0 Å². The third-order valence-electron chi connectivity index (χ3n) is 3.68. The van der Waals surface area contributed by atoms with Crippen LogP contribution in [0.15, 0.2) is 0 Å². The summed E-state index contributed by atoms with van der Waals surface area (Å²) in [5.41, 5.74) is 22.0. The van der Waals surface area contributed by atoms with Gasteiger partial charge < -0.3 is 32.4 Å². The molecule has 0 saturated heterocycles. The van der Waals surface area contributed by atoms with Crippen molar-refractivity contribution in [3.05, 3.63) is 0 Å². The molecule has 0 atom stereocenters. The third-order valence-corrected chi connectivity index (χ3v) is 3.68. The van der Waals surface area contributed by atoms with Crippen LogP contribution in [0.1, 0.15) is 57.8 Å². The average Bonchev–Trinajstić information content (AvgIpc) is 2.52. The molecule has 8 heteroatoms. The van der Waals surface area contributed by atoms with Crippen LogP contribution in [-0.4, -0.2) is 50.1 Å². The molecule has 0 saturated carbocycles. The van der Waals surface area contributed by atoms with Gasteiger partial charge in [0, 0.05) is 0 Å². The fraction of sp³-hybridized carbons (Fsp3) is 1.00. The molecule has 0 bridgehead atoms. The van der Waals surface area contributed by atoms with Gasteiger partial charge in [-0.1, -0.05) is 44.9 Å². The van der Waals surface area contributed by atoms with Gasteiger partial charge in [0.25, 0.3) is 0 Å². The maximum atomic E-state index is 8.20. The fourth-order valence-corrected chi connectivity index (χ4v) is 2.35. The molecule has 24 heavy (non-hydrogen) atoms. The Morgan fingerprint density at radius 2 is 1.29 bits per heavy atom. The third kappa shape index (κ3) is 18.0. The zero-order chi connectivity index (χ0) is 18.1. The molecule has 0 heterocycles. The van der Waals surface area contributed by atoms with Crippen molar-refractivity contribution in [2.75, 3.05) is 33.0 Å². The topological polar surface area (TPSA) is 152 Å². The highest BCUT2D eigenvalue weighted by Crippen LogP contribution is 2.12. The Morgan fingerprint density at radius 3 is 1.88 bits per heavy atom. The summed E-state index contributed by atoms with van der Waals surface area (Å²) in [6.07, 6.45) is 9.28. The molecule has 0 unspecified atom stereocenters. The van der Waals surface area contributed by atoms with E-state index in [0.717, 1.165) is 32.1 Å². The Balaban J connectivity index is 3.34. The Kier molecular flexibility index (Phi) is 15.9. The highest BCUT2D eigenvalue weighted by Gasteiger charge is 2.18. The summed E-state index contributed by atoms with van der Waals surface area (Å²) in [5, 5.41) is 8.20. The first-order valence-corrected chi connectivity index (χ1v) is 8.99. The van der Waals surface area contributed by atoms with Gasteiger partial charge in [-0.2, -0.15) is 0 Å². The van der Waals surface area contributed by atoms with E-state index in [1.807, 2.05) is 0 Å². The van der Waals surface area contributed by atoms with Gasteiger partial charge in [0.2, 0.25) is 0 Å². The van der Waals surface area contributed by atoms with Crippen molar-refractivity contribution >= 4 is 0 Å². The number of hydrogen-bond donors (Lipinski definition) is 5. The number of rotatable bonds is 18. The van der Waals surface area contributed by atoms with Crippen LogP contribution in [0.25, 0.3) is 0 Å². The maximum absolute atomic E-state index is 8.20. The van der Waals surface area contributed by atoms with Crippen molar-refractivity contribution in [1.82, 2.24) is 0 Å². The van der Waals surface area contributed by atoms with Crippen LogP contribution >= 0.6 is 0 Å². The second-order valence-electron chi connectivity index (χ2n) is 6.44. The van der Waals surface area contributed by atoms with Gasteiger partial charge in [-0.15, -0.1) is 0 Å². The summed E-state index contributed by atoms with van der Waals surface area (Å²) in [7, 11) is 0. The largest absolute Gasteiger partial charge is 0.376 e. The zero-order valence-electron chi connectivity index (χ0n) is 15.0. The van der Waals surface area contributed by atoms with Crippen molar-refractivity contribution in [3.8, 4) is 0 Å². The SMILES string of the molecule is NC(N)COCCOCC(N)(N)CCCCCCCCCCOO. The Bertz CT molecular complexity index is 268. The van der Waals surface area contributed by atoms with E-state index in [1.54, 1.807) is 0 Å². The van der Waals surface area contributed by atoms with Crippen LogP contribution < -0.4 is 22.9 Å². The summed E-state index contributed by atoms with van der Waals surface area (Å²) >= 11 is 0. The lowest BCUT2D eigenvalue weighted by Gasteiger charge is -2.24. The molecule has 0 aromatic rings. The molecule has 0 aliphatic rings. The molecular formula is C16H38N4O4. The summed E-state index contributed by atoms with van der Waals surface area (Å²) < 4.78 is 10.6. The molecule has 0 aromatic heterocycles. The van der Waals surface area contributed by atoms with Crippen LogP contribution in [0.4, 0.5) is 0 Å². The second kappa shape index (κ2) is 16.2. The molecule has 0 aliphatic heterocycles. The second-order valence-corrected chi connectivity index (χ2v) is 6.44. The summed E-state index contributed by atoms with van der Waals surface area (Å²) in [6, 6.07) is 0. The molecule has 0 spiro atoms. The summed E-state index contributed by atoms with van der Waals surface area (Å²) in [6.45, 7) is 1.94. The van der Waals surface area contributed by atoms with E-state index >= 15 is 0 Å². The lowest BCUT2D eigenvalue weighted by Crippen LogP contribution is -2.53. The van der Waals surface area contributed by atoms with Gasteiger partial charge in [0.1, 0.15) is 0 Å². The first-order chi connectivity index (χ1) is 11.5. The van der Waals surface area contributed by atoms with E-state index in [1.165, 1.54) is 25.7 Å². The average molecular weight is 351 g/mol. The molecular weight excluding hydrogens is 312 g/mol. The smallest absolute Gasteiger partial charge is 0.0877 e. The van der Waals surface area contributed by atoms with E-state index in [9.17, 15) is 0 Å². The number of ether oxygens (including phenoxy) is 2. The predicted molar refractivity (Wildman–Crippen MR) is 95.0 cm³/mol. The molecule has 0 aromatic carbocycles. The predicted octanol–water partition coefficient (Wildman–Crippen LogP) is 0.877. The van der Waals surface area contributed by atoms with Crippen LogP contribution in [0.2, 0.25) is 0 Å². The molecule has 0 fully saturated rings. The minimum absolute atomic E-state index is 0.314. The van der Waals surface area contributed by atoms with Gasteiger partial charge in [-0.05, 0) is 12.8 Å². The lowest BCUT2D eigenvalue weighted by molar-refractivity contribution is -0.242. The fourth-order valence-electron chi connectivity index (χ4n) is 2.35. The molecule has 0 rings (SSSR count). The van der Waals surface area contributed by atoms with Gasteiger partial charge in [0.15, 0.2) is 0 Å². The minimum atomic E-state index is -0.783. The molecule has 0 aliphatic carbocycles. The van der Waals surface area contributed by atoms with Crippen molar-refractivity contribution in [1.29, 1.82) is 0 Å². The van der Waals surface area contributed by atoms with Crippen LogP contribution in [0.3, 0.4) is 0 Å². The van der Waals surface area contributed by atoms with E-state index in [0.29, 0.717) is 33.0 Å². The molecule has 9 N–H and O–H groups in total. The van der Waals surface area contributed by atoms with E-state index in [4.69, 9.17) is 37.7 Å². The minimum Gasteiger partial charge on any atom is -0.376 e. The van der Waals surface area contributed by atoms with Gasteiger partial charge in [0.05, 0.1) is 44.9 Å².